The van der Waals surface area contributed by atoms with Gasteiger partial charge in [-0.1, -0.05) is 52.7 Å². The maximum atomic E-state index is 3.94. The van der Waals surface area contributed by atoms with Crippen molar-refractivity contribution >= 4 is 0 Å². The van der Waals surface area contributed by atoms with Crippen molar-refractivity contribution in [3.63, 3.8) is 0 Å². The van der Waals surface area contributed by atoms with Crippen LogP contribution in [0.5, 0.6) is 0 Å². The lowest BCUT2D eigenvalue weighted by Crippen LogP contribution is -1.91. The van der Waals surface area contributed by atoms with Crippen LogP contribution < -0.4 is 0 Å². The Morgan fingerprint density at radius 1 is 1.00 bits per heavy atom. The molecule has 0 bridgehead atoms. The second-order valence-corrected chi connectivity index (χ2v) is 2.83. The largest absolute Gasteiger partial charge is 0.0999 e. The Kier molecular flexibility index (Phi) is 12.8. The van der Waals surface area contributed by atoms with Crippen LogP contribution in [0.1, 0.15) is 60.3 Å². The molecule has 0 heteroatoms. The van der Waals surface area contributed by atoms with Crippen molar-refractivity contribution in [1.29, 1.82) is 0 Å². The van der Waals surface area contributed by atoms with Crippen LogP contribution >= 0.6 is 0 Å². The number of hydrogen-bond acceptors (Lipinski definition) is 0. The molecule has 0 nitrogen and oxygen atoms in total. The van der Waals surface area contributed by atoms with Gasteiger partial charge in [0.2, 0.25) is 0 Å². The molecule has 1 aliphatic carbocycles. The topological polar surface area (TPSA) is 0 Å². The van der Waals surface area contributed by atoms with E-state index in [2.05, 4.69) is 13.5 Å². The van der Waals surface area contributed by atoms with E-state index < -0.39 is 0 Å². The van der Waals surface area contributed by atoms with Gasteiger partial charge in [0.25, 0.3) is 0 Å². The van der Waals surface area contributed by atoms with Crippen molar-refractivity contribution in [1.82, 2.24) is 0 Å². The average Bonchev–Trinajstić information content (AvgIpc) is 2.64. The summed E-state index contributed by atoms with van der Waals surface area (Å²) in [5, 5.41) is 0. The third-order valence-electron chi connectivity index (χ3n) is 2.05. The molecule has 0 atom stereocenters. The van der Waals surface area contributed by atoms with Crippen LogP contribution in [-0.4, -0.2) is 0 Å². The zero-order chi connectivity index (χ0) is 9.98. The fourth-order valence-electron chi connectivity index (χ4n) is 1.42. The van der Waals surface area contributed by atoms with Crippen molar-refractivity contribution in [3.05, 3.63) is 12.2 Å². The Bertz CT molecular complexity index is 86.2. The lowest BCUT2D eigenvalue weighted by molar-refractivity contribution is 0.645. The Morgan fingerprint density at radius 2 is 1.33 bits per heavy atom. The fourth-order valence-corrected chi connectivity index (χ4v) is 1.42. The standard InChI is InChI=1S/C8H14.2C2H6/c1-7(2)8-5-3-4-6-8;2*1-2/h8H,1,3-6H2,2H3;2*1-2H3. The van der Waals surface area contributed by atoms with E-state index in [1.54, 1.807) is 0 Å². The maximum absolute atomic E-state index is 3.94. The van der Waals surface area contributed by atoms with Gasteiger partial charge in [-0.15, -0.1) is 0 Å². The highest BCUT2D eigenvalue weighted by atomic mass is 14.2. The minimum absolute atomic E-state index is 0.870. The molecule has 1 fully saturated rings. The molecule has 0 amide bonds. The van der Waals surface area contributed by atoms with Crippen molar-refractivity contribution in [2.24, 2.45) is 5.92 Å². The highest BCUT2D eigenvalue weighted by Gasteiger charge is 2.14. The minimum Gasteiger partial charge on any atom is -0.0999 e. The smallest absolute Gasteiger partial charge is 0.0209 e. The van der Waals surface area contributed by atoms with E-state index in [-0.39, 0.29) is 0 Å². The molecule has 1 rings (SSSR count). The monoisotopic (exact) mass is 170 g/mol. The van der Waals surface area contributed by atoms with E-state index in [0.29, 0.717) is 0 Å². The van der Waals surface area contributed by atoms with Crippen molar-refractivity contribution in [2.45, 2.75) is 60.3 Å². The second-order valence-electron chi connectivity index (χ2n) is 2.83. The van der Waals surface area contributed by atoms with Gasteiger partial charge in [0, 0.05) is 0 Å². The summed E-state index contributed by atoms with van der Waals surface area (Å²) < 4.78 is 0. The van der Waals surface area contributed by atoms with Gasteiger partial charge in [-0.05, 0) is 25.7 Å². The third kappa shape index (κ3) is 6.45. The van der Waals surface area contributed by atoms with Crippen LogP contribution in [0.25, 0.3) is 0 Å². The summed E-state index contributed by atoms with van der Waals surface area (Å²) >= 11 is 0. The van der Waals surface area contributed by atoms with Crippen LogP contribution in [0, 0.1) is 5.92 Å². The average molecular weight is 170 g/mol. The lowest BCUT2D eigenvalue weighted by atomic mass is 10.0. The van der Waals surface area contributed by atoms with Gasteiger partial charge in [-0.3, -0.25) is 0 Å². The van der Waals surface area contributed by atoms with Gasteiger partial charge in [-0.25, -0.2) is 0 Å². The second kappa shape index (κ2) is 10.7. The normalized spacial score (nSPS) is 15.4. The Balaban J connectivity index is 0. The summed E-state index contributed by atoms with van der Waals surface area (Å²) in [6, 6.07) is 0. The van der Waals surface area contributed by atoms with E-state index in [1.165, 1.54) is 31.3 Å². The highest BCUT2D eigenvalue weighted by molar-refractivity contribution is 4.97. The van der Waals surface area contributed by atoms with Crippen LogP contribution in [-0.2, 0) is 0 Å². The predicted octanol–water partition coefficient (Wildman–Crippen LogP) is 4.81. The van der Waals surface area contributed by atoms with E-state index >= 15 is 0 Å². The summed E-state index contributed by atoms with van der Waals surface area (Å²) in [5.74, 6) is 0.870. The molecule has 0 aliphatic heterocycles. The summed E-state index contributed by atoms with van der Waals surface area (Å²) in [4.78, 5) is 0. The molecule has 0 N–H and O–H groups in total. The first-order chi connectivity index (χ1) is 5.80. The molecular weight excluding hydrogens is 144 g/mol. The molecule has 0 aromatic carbocycles. The molecule has 1 saturated carbocycles. The summed E-state index contributed by atoms with van der Waals surface area (Å²) in [6.45, 7) is 14.1. The zero-order valence-electron chi connectivity index (χ0n) is 9.61. The maximum Gasteiger partial charge on any atom is -0.0209 e. The predicted molar refractivity (Wildman–Crippen MR) is 59.5 cm³/mol. The van der Waals surface area contributed by atoms with Crippen LogP contribution in [0.4, 0.5) is 0 Å². The number of rotatable bonds is 1. The molecule has 0 heterocycles. The first-order valence-electron chi connectivity index (χ1n) is 5.46. The molecule has 74 valence electrons. The zero-order valence-corrected chi connectivity index (χ0v) is 9.61. The van der Waals surface area contributed by atoms with Crippen molar-refractivity contribution < 1.29 is 0 Å². The van der Waals surface area contributed by atoms with Gasteiger partial charge in [0.05, 0.1) is 0 Å². The molecule has 1 aliphatic rings. The minimum atomic E-state index is 0.870. The van der Waals surface area contributed by atoms with Crippen LogP contribution in [0.3, 0.4) is 0 Å². The summed E-state index contributed by atoms with van der Waals surface area (Å²) in [5.41, 5.74) is 1.39. The van der Waals surface area contributed by atoms with Gasteiger partial charge < -0.3 is 0 Å². The van der Waals surface area contributed by atoms with E-state index in [1.807, 2.05) is 27.7 Å². The van der Waals surface area contributed by atoms with E-state index in [4.69, 9.17) is 0 Å². The SMILES string of the molecule is C=C(C)C1CCCC1.CC.CC. The van der Waals surface area contributed by atoms with Gasteiger partial charge >= 0.3 is 0 Å². The molecule has 0 aromatic rings. The van der Waals surface area contributed by atoms with Gasteiger partial charge in [0.15, 0.2) is 0 Å². The molecule has 0 aromatic heterocycles. The molecule has 0 spiro atoms. The molecular formula is C12H26. The number of hydrogen-bond donors (Lipinski definition) is 0. The first kappa shape index (κ1) is 14.3. The first-order valence-corrected chi connectivity index (χ1v) is 5.46. The molecule has 0 radical (unpaired) electrons. The Labute approximate surface area is 79.1 Å². The fraction of sp³-hybridized carbons (Fsp3) is 0.833. The summed E-state index contributed by atoms with van der Waals surface area (Å²) in [7, 11) is 0. The van der Waals surface area contributed by atoms with E-state index in [0.717, 1.165) is 5.92 Å². The van der Waals surface area contributed by atoms with Crippen molar-refractivity contribution in [3.8, 4) is 0 Å². The highest BCUT2D eigenvalue weighted by Crippen LogP contribution is 2.29. The molecule has 12 heavy (non-hydrogen) atoms. The van der Waals surface area contributed by atoms with Gasteiger partial charge in [-0.2, -0.15) is 0 Å². The van der Waals surface area contributed by atoms with Gasteiger partial charge in [0.1, 0.15) is 0 Å². The number of allylic oxidation sites excluding steroid dienone is 1. The summed E-state index contributed by atoms with van der Waals surface area (Å²) in [6.07, 6.45) is 5.65. The lowest BCUT2D eigenvalue weighted by Gasteiger charge is -2.05. The molecule has 0 saturated heterocycles. The Hall–Kier alpha value is -0.260. The quantitative estimate of drug-likeness (QED) is 0.496. The van der Waals surface area contributed by atoms with Crippen molar-refractivity contribution in [2.75, 3.05) is 0 Å². The Morgan fingerprint density at radius 3 is 1.50 bits per heavy atom. The van der Waals surface area contributed by atoms with Crippen LogP contribution in [0.15, 0.2) is 12.2 Å². The molecule has 0 unspecified atom stereocenters. The van der Waals surface area contributed by atoms with E-state index in [9.17, 15) is 0 Å². The third-order valence-corrected chi connectivity index (χ3v) is 2.05. The van der Waals surface area contributed by atoms with Crippen LogP contribution in [0.2, 0.25) is 0 Å².